The maximum atomic E-state index is 14.5. The molecule has 6 aliphatic rings. The van der Waals surface area contributed by atoms with Gasteiger partial charge in [0.05, 0.1) is 19.6 Å². The number of amides is 2. The Labute approximate surface area is 240 Å². The number of fused-ring (bicyclic) bond motifs is 5. The largest absolute Gasteiger partial charge is 0.504 e. The van der Waals surface area contributed by atoms with E-state index in [1.165, 1.54) is 61.9 Å². The number of benzene rings is 2. The molecule has 0 radical (unpaired) electrons. The molecule has 0 saturated carbocycles. The fourth-order valence-electron chi connectivity index (χ4n) is 5.93. The van der Waals surface area contributed by atoms with E-state index in [1.54, 1.807) is 12.1 Å². The van der Waals surface area contributed by atoms with Crippen molar-refractivity contribution in [3.63, 3.8) is 0 Å². The van der Waals surface area contributed by atoms with E-state index in [1.807, 2.05) is 0 Å². The third-order valence-corrected chi connectivity index (χ3v) is 11.6. The minimum Gasteiger partial charge on any atom is -0.504 e. The highest BCUT2D eigenvalue weighted by molar-refractivity contribution is 8.78. The average Bonchev–Trinajstić information content (AvgIpc) is 3.07. The predicted molar refractivity (Wildman–Crippen MR) is 144 cm³/mol. The van der Waals surface area contributed by atoms with E-state index in [0.29, 0.717) is 0 Å². The highest BCUT2D eigenvalue weighted by atomic mass is 33.1. The Morgan fingerprint density at radius 1 is 1.02 bits per heavy atom. The van der Waals surface area contributed by atoms with Crippen LogP contribution >= 0.6 is 21.6 Å². The zero-order valence-corrected chi connectivity index (χ0v) is 23.0. The second-order valence-corrected chi connectivity index (χ2v) is 12.5. The molecule has 0 aromatic heterocycles. The van der Waals surface area contributed by atoms with E-state index in [-0.39, 0.29) is 39.7 Å². The zero-order chi connectivity index (χ0) is 28.8. The molecule has 12 nitrogen and oxygen atoms in total. The average molecular weight is 599 g/mol. The van der Waals surface area contributed by atoms with Crippen molar-refractivity contribution in [1.29, 1.82) is 0 Å². The lowest BCUT2D eigenvalue weighted by Crippen LogP contribution is -2.79. The van der Waals surface area contributed by atoms with Gasteiger partial charge in [0.25, 0.3) is 11.8 Å². The first-order valence-electron chi connectivity index (χ1n) is 12.4. The number of methoxy groups -OCH3 is 1. The quantitative estimate of drug-likeness (QED) is 0.325. The van der Waals surface area contributed by atoms with E-state index in [2.05, 4.69) is 0 Å². The maximum Gasteiger partial charge on any atom is 0.342 e. The second kappa shape index (κ2) is 8.82. The van der Waals surface area contributed by atoms with E-state index >= 15 is 0 Å². The number of carbonyl (C=O) groups is 3. The Bertz CT molecular complexity index is 1600. The Morgan fingerprint density at radius 2 is 1.80 bits per heavy atom. The second-order valence-electron chi connectivity index (χ2n) is 9.97. The Balaban J connectivity index is 1.51. The molecule has 2 aromatic rings. The van der Waals surface area contributed by atoms with Crippen LogP contribution in [0.1, 0.15) is 22.0 Å². The fraction of sp³-hybridized carbons (Fsp3) is 0.296. The van der Waals surface area contributed by atoms with Gasteiger partial charge in [-0.15, -0.1) is 0 Å². The Hall–Kier alpha value is -3.85. The molecular weight excluding hydrogens is 576 g/mol. The molecule has 6 atom stereocenters. The lowest BCUT2D eigenvalue weighted by Gasteiger charge is -2.60. The van der Waals surface area contributed by atoms with Crippen molar-refractivity contribution in [2.45, 2.75) is 34.1 Å². The van der Waals surface area contributed by atoms with Crippen molar-refractivity contribution in [1.82, 2.24) is 9.80 Å². The number of carbonyl (C=O) groups excluding carboxylic acids is 3. The smallest absolute Gasteiger partial charge is 0.342 e. The lowest BCUT2D eigenvalue weighted by molar-refractivity contribution is -0.175. The molecule has 0 aliphatic carbocycles. The molecule has 6 heterocycles. The summed E-state index contributed by atoms with van der Waals surface area (Å²) in [4.78, 5) is 40.9. The monoisotopic (exact) mass is 598 g/mol. The molecular formula is C27H22N2O10S2. The van der Waals surface area contributed by atoms with Crippen molar-refractivity contribution >= 4 is 39.4 Å². The number of aromatic hydroxyl groups is 1. The molecule has 5 bridgehead atoms. The topological polar surface area (TPSA) is 155 Å². The summed E-state index contributed by atoms with van der Waals surface area (Å²) in [6.07, 6.45) is -0.420. The van der Waals surface area contributed by atoms with Crippen LogP contribution in [0.3, 0.4) is 0 Å². The molecule has 14 heteroatoms. The Morgan fingerprint density at radius 3 is 2.59 bits per heavy atom. The number of aliphatic hydroxyl groups excluding tert-OH is 2. The molecule has 2 amide bonds. The van der Waals surface area contributed by atoms with Crippen LogP contribution in [-0.4, -0.2) is 85.1 Å². The van der Waals surface area contributed by atoms with Crippen LogP contribution < -0.4 is 9.47 Å². The van der Waals surface area contributed by atoms with Gasteiger partial charge in [-0.05, 0) is 57.5 Å². The number of phenolic OH excluding ortho intramolecular Hbond substituents is 1. The molecule has 6 aliphatic heterocycles. The zero-order valence-electron chi connectivity index (χ0n) is 21.4. The van der Waals surface area contributed by atoms with Crippen molar-refractivity contribution < 1.29 is 48.7 Å². The van der Waals surface area contributed by atoms with Crippen LogP contribution in [0.25, 0.3) is 0 Å². The highest BCUT2D eigenvalue weighted by Gasteiger charge is 2.78. The van der Waals surface area contributed by atoms with E-state index < -0.39 is 51.9 Å². The summed E-state index contributed by atoms with van der Waals surface area (Å²) in [6, 6.07) is 7.42. The first-order valence-corrected chi connectivity index (χ1v) is 14.6. The number of esters is 1. The summed E-state index contributed by atoms with van der Waals surface area (Å²) in [7, 11) is 4.68. The van der Waals surface area contributed by atoms with Gasteiger partial charge < -0.3 is 44.1 Å². The summed E-state index contributed by atoms with van der Waals surface area (Å²) in [5.41, 5.74) is 0.248. The molecule has 2 spiro atoms. The van der Waals surface area contributed by atoms with Crippen LogP contribution in [0.2, 0.25) is 0 Å². The Kier molecular flexibility index (Phi) is 5.61. The number of piperazine rings is 1. The van der Waals surface area contributed by atoms with Crippen LogP contribution in [-0.2, 0) is 19.1 Å². The minimum atomic E-state index is -1.88. The van der Waals surface area contributed by atoms with Gasteiger partial charge in [-0.3, -0.25) is 9.59 Å². The highest BCUT2D eigenvalue weighted by Crippen LogP contribution is 2.67. The van der Waals surface area contributed by atoms with Crippen LogP contribution in [0.5, 0.6) is 23.0 Å². The van der Waals surface area contributed by atoms with Gasteiger partial charge in [-0.2, -0.15) is 0 Å². The van der Waals surface area contributed by atoms with Gasteiger partial charge in [-0.1, -0.05) is 12.1 Å². The third kappa shape index (κ3) is 3.18. The molecule has 2 aromatic carbocycles. The summed E-state index contributed by atoms with van der Waals surface area (Å²) in [6.45, 7) is 0. The summed E-state index contributed by atoms with van der Waals surface area (Å²) < 4.78 is 22.8. The van der Waals surface area contributed by atoms with E-state index in [9.17, 15) is 29.7 Å². The molecule has 41 heavy (non-hydrogen) atoms. The summed E-state index contributed by atoms with van der Waals surface area (Å²) >= 11 is 0. The standard InChI is InChI=1S/C27H22N2O10S2/c1-28-24(34)27-22(32)14-11-37-9-8-16-19(14)29(27)25(35)26(28,40-41-27)21(31)12-6-7-15(30)18(10-12)38-20-13(23(33)39-16)4-3-5-17(20)36-2/h3-11,16,19,21-22,30-32H,1-2H3. The number of hydrogen-bond donors (Lipinski definition) is 3. The number of phenols is 1. The van der Waals surface area contributed by atoms with Crippen LogP contribution in [0, 0.1) is 0 Å². The summed E-state index contributed by atoms with van der Waals surface area (Å²) in [5, 5.41) is 34.1. The minimum absolute atomic E-state index is 0.0555. The molecule has 8 rings (SSSR count). The first kappa shape index (κ1) is 26.1. The van der Waals surface area contributed by atoms with Crippen molar-refractivity contribution in [3.8, 4) is 23.0 Å². The maximum absolute atomic E-state index is 14.5. The first-order chi connectivity index (χ1) is 19.7. The van der Waals surface area contributed by atoms with Gasteiger partial charge >= 0.3 is 5.97 Å². The third-order valence-electron chi connectivity index (χ3n) is 8.00. The number of likely N-dealkylation sites (N-methyl/N-ethyl adjacent to an activating group) is 1. The van der Waals surface area contributed by atoms with Gasteiger partial charge in [-0.25, -0.2) is 4.79 Å². The van der Waals surface area contributed by atoms with Crippen molar-refractivity contribution in [2.75, 3.05) is 14.2 Å². The number of aliphatic hydroxyl groups is 2. The van der Waals surface area contributed by atoms with Gasteiger partial charge in [0.1, 0.15) is 29.9 Å². The number of ether oxygens (including phenoxy) is 4. The van der Waals surface area contributed by atoms with Crippen molar-refractivity contribution in [3.05, 3.63) is 71.7 Å². The SMILES string of the molecule is COc1cccc2c1Oc1cc(ccc1O)C(O)C13SSC4(C(=O)N1C)C(O)C1=COC=CC(OC2=O)C1N4C3=O. The molecule has 3 N–H and O–H groups in total. The van der Waals surface area contributed by atoms with E-state index in [4.69, 9.17) is 18.9 Å². The van der Waals surface area contributed by atoms with Crippen LogP contribution in [0.15, 0.2) is 60.6 Å². The number of rotatable bonds is 1. The molecule has 212 valence electrons. The molecule has 6 unspecified atom stereocenters. The van der Waals surface area contributed by atoms with Gasteiger partial charge in [0.2, 0.25) is 9.74 Å². The number of para-hydroxylation sites is 1. The van der Waals surface area contributed by atoms with Crippen LogP contribution in [0.4, 0.5) is 0 Å². The number of nitrogens with zero attached hydrogens (tertiary/aromatic N) is 2. The number of hydrogen-bond acceptors (Lipinski definition) is 12. The molecule has 4 fully saturated rings. The van der Waals surface area contributed by atoms with Gasteiger partial charge in [0, 0.05) is 12.6 Å². The van der Waals surface area contributed by atoms with Gasteiger partial charge in [0.15, 0.2) is 23.0 Å². The lowest BCUT2D eigenvalue weighted by atomic mass is 9.93. The fourth-order valence-corrected chi connectivity index (χ4v) is 9.80. The van der Waals surface area contributed by atoms with E-state index in [0.717, 1.165) is 26.5 Å². The normalized spacial score (nSPS) is 33.2. The van der Waals surface area contributed by atoms with Crippen molar-refractivity contribution in [2.24, 2.45) is 0 Å². The molecule has 4 saturated heterocycles. The predicted octanol–water partition coefficient (Wildman–Crippen LogP) is 2.02. The summed E-state index contributed by atoms with van der Waals surface area (Å²) in [5.74, 6) is -2.51.